The first-order valence-electron chi connectivity index (χ1n) is 7.95. The number of nitrogens with zero attached hydrogens (tertiary/aromatic N) is 2. The van der Waals surface area contributed by atoms with E-state index in [0.29, 0.717) is 11.4 Å². The van der Waals surface area contributed by atoms with Crippen molar-refractivity contribution in [1.29, 1.82) is 0 Å². The molecule has 0 saturated carbocycles. The molecule has 1 N–H and O–H groups in total. The van der Waals surface area contributed by atoms with E-state index in [-0.39, 0.29) is 6.04 Å². The van der Waals surface area contributed by atoms with Crippen LogP contribution in [-0.2, 0) is 10.0 Å². The lowest BCUT2D eigenvalue weighted by Gasteiger charge is -2.37. The lowest BCUT2D eigenvalue weighted by atomic mass is 10.2. The van der Waals surface area contributed by atoms with Crippen molar-refractivity contribution in [3.63, 3.8) is 0 Å². The van der Waals surface area contributed by atoms with Crippen LogP contribution in [0.4, 0.5) is 0 Å². The van der Waals surface area contributed by atoms with Crippen LogP contribution < -0.4 is 4.72 Å². The molecule has 1 aliphatic rings. The standard InChI is InChI=1S/C16H27N3O2S/c1-4-18-8-10-19(11-9-18)15(3)13-17-22(20,21)16-7-5-6-14(2)12-16/h5-7,12,15,17H,4,8-11,13H2,1-3H3/t15-/m0/s1. The van der Waals surface area contributed by atoms with Gasteiger partial charge in [-0.15, -0.1) is 0 Å². The third-order valence-corrected chi connectivity index (χ3v) is 5.77. The molecule has 5 nitrogen and oxygen atoms in total. The summed E-state index contributed by atoms with van der Waals surface area (Å²) in [5.41, 5.74) is 0.951. The monoisotopic (exact) mass is 325 g/mol. The van der Waals surface area contributed by atoms with Crippen LogP contribution in [-0.4, -0.2) is 63.5 Å². The fraction of sp³-hybridized carbons (Fsp3) is 0.625. The number of hydrogen-bond acceptors (Lipinski definition) is 4. The minimum atomic E-state index is -3.42. The maximum Gasteiger partial charge on any atom is 0.240 e. The second-order valence-electron chi connectivity index (χ2n) is 5.99. The number of rotatable bonds is 6. The zero-order valence-corrected chi connectivity index (χ0v) is 14.6. The summed E-state index contributed by atoms with van der Waals surface area (Å²) in [5, 5.41) is 0. The molecule has 1 heterocycles. The quantitative estimate of drug-likeness (QED) is 0.856. The zero-order valence-electron chi connectivity index (χ0n) is 13.7. The van der Waals surface area contributed by atoms with Gasteiger partial charge in [0.05, 0.1) is 4.90 Å². The first kappa shape index (κ1) is 17.4. The number of piperazine rings is 1. The van der Waals surface area contributed by atoms with Gasteiger partial charge in [0.2, 0.25) is 10.0 Å². The summed E-state index contributed by atoms with van der Waals surface area (Å²) in [7, 11) is -3.42. The Balaban J connectivity index is 1.89. The normalized spacial score (nSPS) is 19.2. The number of nitrogens with one attached hydrogen (secondary N) is 1. The van der Waals surface area contributed by atoms with E-state index in [1.165, 1.54) is 0 Å². The summed E-state index contributed by atoms with van der Waals surface area (Å²) in [5.74, 6) is 0. The number of hydrogen-bond donors (Lipinski definition) is 1. The van der Waals surface area contributed by atoms with Crippen LogP contribution in [0.3, 0.4) is 0 Å². The predicted molar refractivity (Wildman–Crippen MR) is 89.5 cm³/mol. The molecule has 0 radical (unpaired) electrons. The van der Waals surface area contributed by atoms with Crippen LogP contribution in [0.15, 0.2) is 29.2 Å². The predicted octanol–water partition coefficient (Wildman–Crippen LogP) is 1.30. The van der Waals surface area contributed by atoms with Crippen molar-refractivity contribution in [2.45, 2.75) is 31.7 Å². The van der Waals surface area contributed by atoms with Gasteiger partial charge in [-0.25, -0.2) is 13.1 Å². The van der Waals surface area contributed by atoms with Gasteiger partial charge in [0.25, 0.3) is 0 Å². The summed E-state index contributed by atoms with van der Waals surface area (Å²) < 4.78 is 27.4. The zero-order chi connectivity index (χ0) is 16.2. The molecule has 0 aromatic heterocycles. The molecule has 0 unspecified atom stereocenters. The van der Waals surface area contributed by atoms with Gasteiger partial charge < -0.3 is 4.90 Å². The summed E-state index contributed by atoms with van der Waals surface area (Å²) >= 11 is 0. The lowest BCUT2D eigenvalue weighted by molar-refractivity contribution is 0.107. The minimum Gasteiger partial charge on any atom is -0.301 e. The van der Waals surface area contributed by atoms with Crippen LogP contribution in [0, 0.1) is 6.92 Å². The van der Waals surface area contributed by atoms with E-state index in [1.807, 2.05) is 13.0 Å². The summed E-state index contributed by atoms with van der Waals surface area (Å²) in [6.07, 6.45) is 0. The summed E-state index contributed by atoms with van der Waals surface area (Å²) in [4.78, 5) is 5.11. The van der Waals surface area contributed by atoms with E-state index in [9.17, 15) is 8.42 Å². The highest BCUT2D eigenvalue weighted by molar-refractivity contribution is 7.89. The molecule has 22 heavy (non-hydrogen) atoms. The fourth-order valence-corrected chi connectivity index (χ4v) is 3.97. The highest BCUT2D eigenvalue weighted by Crippen LogP contribution is 2.11. The van der Waals surface area contributed by atoms with Gasteiger partial charge in [-0.2, -0.15) is 0 Å². The minimum absolute atomic E-state index is 0.207. The Kier molecular flexibility index (Phi) is 5.97. The lowest BCUT2D eigenvalue weighted by Crippen LogP contribution is -2.52. The third-order valence-electron chi connectivity index (χ3n) is 4.35. The molecular weight excluding hydrogens is 298 g/mol. The van der Waals surface area contributed by atoms with Crippen LogP contribution in [0.1, 0.15) is 19.4 Å². The molecule has 0 spiro atoms. The Morgan fingerprint density at radius 3 is 2.50 bits per heavy atom. The van der Waals surface area contributed by atoms with Gasteiger partial charge in [-0.05, 0) is 38.1 Å². The number of benzene rings is 1. The Labute approximate surface area is 134 Å². The largest absolute Gasteiger partial charge is 0.301 e. The molecule has 1 atom stereocenters. The van der Waals surface area contributed by atoms with Gasteiger partial charge in [-0.3, -0.25) is 4.90 Å². The fourth-order valence-electron chi connectivity index (χ4n) is 2.75. The Morgan fingerprint density at radius 1 is 1.23 bits per heavy atom. The third kappa shape index (κ3) is 4.52. The maximum atomic E-state index is 12.3. The smallest absolute Gasteiger partial charge is 0.240 e. The number of sulfonamides is 1. The van der Waals surface area contributed by atoms with E-state index in [2.05, 4.69) is 28.4 Å². The molecule has 6 heteroatoms. The van der Waals surface area contributed by atoms with Crippen molar-refractivity contribution >= 4 is 10.0 Å². The molecule has 1 aromatic carbocycles. The summed E-state index contributed by atoms with van der Waals surface area (Å²) in [6, 6.07) is 7.22. The molecule has 1 fully saturated rings. The second kappa shape index (κ2) is 7.55. The molecule has 0 bridgehead atoms. The highest BCUT2D eigenvalue weighted by Gasteiger charge is 2.22. The van der Waals surface area contributed by atoms with Gasteiger partial charge in [0.1, 0.15) is 0 Å². The first-order valence-corrected chi connectivity index (χ1v) is 9.43. The molecule has 1 saturated heterocycles. The van der Waals surface area contributed by atoms with Crippen LogP contribution >= 0.6 is 0 Å². The molecular formula is C16H27N3O2S. The maximum absolute atomic E-state index is 12.3. The molecule has 2 rings (SSSR count). The Bertz CT molecular complexity index is 581. The van der Waals surface area contributed by atoms with Crippen molar-refractivity contribution in [3.8, 4) is 0 Å². The van der Waals surface area contributed by atoms with Gasteiger partial charge in [-0.1, -0.05) is 19.1 Å². The SMILES string of the molecule is CCN1CCN([C@@H](C)CNS(=O)(=O)c2cccc(C)c2)CC1. The molecule has 0 aliphatic carbocycles. The average molecular weight is 325 g/mol. The van der Waals surface area contributed by atoms with E-state index in [1.54, 1.807) is 18.2 Å². The van der Waals surface area contributed by atoms with Crippen molar-refractivity contribution in [1.82, 2.24) is 14.5 Å². The average Bonchev–Trinajstić information content (AvgIpc) is 2.53. The van der Waals surface area contributed by atoms with Crippen molar-refractivity contribution in [2.24, 2.45) is 0 Å². The van der Waals surface area contributed by atoms with Gasteiger partial charge in [0.15, 0.2) is 0 Å². The van der Waals surface area contributed by atoms with Crippen molar-refractivity contribution < 1.29 is 8.42 Å². The van der Waals surface area contributed by atoms with Crippen molar-refractivity contribution in [2.75, 3.05) is 39.3 Å². The molecule has 0 amide bonds. The Hall–Kier alpha value is -0.950. The van der Waals surface area contributed by atoms with E-state index >= 15 is 0 Å². The van der Waals surface area contributed by atoms with E-state index in [4.69, 9.17) is 0 Å². The highest BCUT2D eigenvalue weighted by atomic mass is 32.2. The first-order chi connectivity index (χ1) is 10.4. The van der Waals surface area contributed by atoms with Crippen LogP contribution in [0.2, 0.25) is 0 Å². The van der Waals surface area contributed by atoms with Crippen LogP contribution in [0.5, 0.6) is 0 Å². The van der Waals surface area contributed by atoms with Crippen molar-refractivity contribution in [3.05, 3.63) is 29.8 Å². The van der Waals surface area contributed by atoms with Gasteiger partial charge >= 0.3 is 0 Å². The molecule has 124 valence electrons. The van der Waals surface area contributed by atoms with Crippen LogP contribution in [0.25, 0.3) is 0 Å². The summed E-state index contributed by atoms with van der Waals surface area (Å²) in [6.45, 7) is 11.8. The molecule has 1 aromatic rings. The second-order valence-corrected chi connectivity index (χ2v) is 7.75. The molecule has 1 aliphatic heterocycles. The topological polar surface area (TPSA) is 52.6 Å². The number of aryl methyl sites for hydroxylation is 1. The van der Waals surface area contributed by atoms with E-state index < -0.39 is 10.0 Å². The Morgan fingerprint density at radius 2 is 1.91 bits per heavy atom. The van der Waals surface area contributed by atoms with E-state index in [0.717, 1.165) is 38.3 Å². The number of likely N-dealkylation sites (N-methyl/N-ethyl adjacent to an activating group) is 1. The van der Waals surface area contributed by atoms with Gasteiger partial charge in [0, 0.05) is 38.8 Å².